The van der Waals surface area contributed by atoms with Gasteiger partial charge in [0.15, 0.2) is 0 Å². The molecule has 2 nitrogen and oxygen atoms in total. The van der Waals surface area contributed by atoms with Crippen LogP contribution in [0.1, 0.15) is 15.9 Å². The minimum absolute atomic E-state index is 0.301. The second-order valence-corrected chi connectivity index (χ2v) is 2.13. The quantitative estimate of drug-likeness (QED) is 0.703. The van der Waals surface area contributed by atoms with Crippen LogP contribution in [0.4, 0.5) is 0 Å². The highest BCUT2D eigenvalue weighted by atomic mass is 16.4. The highest BCUT2D eigenvalue weighted by Crippen LogP contribution is 2.04. The first-order chi connectivity index (χ1) is 6.24. The largest absolute Gasteiger partial charge is 0.478 e. The van der Waals surface area contributed by atoms with E-state index in [2.05, 4.69) is 19.7 Å². The van der Waals surface area contributed by atoms with Crippen molar-refractivity contribution in [2.24, 2.45) is 0 Å². The maximum Gasteiger partial charge on any atom is 0.335 e. The molecule has 0 amide bonds. The SMILES string of the molecule is C=C.C=Cc1ccc(C(=O)O)cc1. The van der Waals surface area contributed by atoms with E-state index in [4.69, 9.17) is 5.11 Å². The molecule has 2 heteroatoms. The summed E-state index contributed by atoms with van der Waals surface area (Å²) in [5, 5.41) is 8.52. The Morgan fingerprint density at radius 1 is 1.23 bits per heavy atom. The zero-order valence-corrected chi connectivity index (χ0v) is 7.36. The first-order valence-electron chi connectivity index (χ1n) is 3.70. The minimum atomic E-state index is -0.902. The molecule has 0 saturated heterocycles. The van der Waals surface area contributed by atoms with E-state index in [0.717, 1.165) is 5.56 Å². The Bertz CT molecular complexity index is 285. The summed E-state index contributed by atoms with van der Waals surface area (Å²) in [5.41, 5.74) is 1.23. The maximum atomic E-state index is 10.4. The molecule has 1 aromatic carbocycles. The summed E-state index contributed by atoms with van der Waals surface area (Å²) in [4.78, 5) is 10.4. The maximum absolute atomic E-state index is 10.4. The standard InChI is InChI=1S/C9H8O2.C2H4/c1-2-7-3-5-8(6-4-7)9(10)11;1-2/h2-6H,1H2,(H,10,11);1-2H2. The summed E-state index contributed by atoms with van der Waals surface area (Å²) in [5.74, 6) is -0.902. The number of carbonyl (C=O) groups is 1. The Hall–Kier alpha value is -1.83. The molecule has 0 spiro atoms. The molecule has 0 aromatic heterocycles. The second kappa shape index (κ2) is 5.77. The highest BCUT2D eigenvalue weighted by Gasteiger charge is 1.99. The average molecular weight is 176 g/mol. The lowest BCUT2D eigenvalue weighted by Crippen LogP contribution is -1.94. The van der Waals surface area contributed by atoms with Gasteiger partial charge >= 0.3 is 5.97 Å². The third kappa shape index (κ3) is 3.38. The van der Waals surface area contributed by atoms with Crippen LogP contribution >= 0.6 is 0 Å². The van der Waals surface area contributed by atoms with E-state index >= 15 is 0 Å². The molecule has 0 heterocycles. The van der Waals surface area contributed by atoms with Gasteiger partial charge in [-0.15, -0.1) is 13.2 Å². The van der Waals surface area contributed by atoms with Crippen LogP contribution in [0.5, 0.6) is 0 Å². The number of aromatic carboxylic acids is 1. The van der Waals surface area contributed by atoms with Crippen molar-refractivity contribution in [2.75, 3.05) is 0 Å². The van der Waals surface area contributed by atoms with Gasteiger partial charge in [0.2, 0.25) is 0 Å². The number of hydrogen-bond donors (Lipinski definition) is 1. The summed E-state index contributed by atoms with van der Waals surface area (Å²) in [7, 11) is 0. The molecular weight excluding hydrogens is 164 g/mol. The van der Waals surface area contributed by atoms with Crippen molar-refractivity contribution in [1.29, 1.82) is 0 Å². The van der Waals surface area contributed by atoms with Gasteiger partial charge in [-0.2, -0.15) is 0 Å². The van der Waals surface area contributed by atoms with Gasteiger partial charge in [-0.3, -0.25) is 0 Å². The summed E-state index contributed by atoms with van der Waals surface area (Å²) < 4.78 is 0. The first-order valence-corrected chi connectivity index (χ1v) is 3.70. The molecule has 1 N–H and O–H groups in total. The Morgan fingerprint density at radius 2 is 1.69 bits per heavy atom. The summed E-state index contributed by atoms with van der Waals surface area (Å²) in [6.45, 7) is 9.56. The molecule has 0 aliphatic heterocycles. The molecule has 13 heavy (non-hydrogen) atoms. The molecule has 0 unspecified atom stereocenters. The van der Waals surface area contributed by atoms with Crippen LogP contribution in [0.3, 0.4) is 0 Å². The van der Waals surface area contributed by atoms with E-state index < -0.39 is 5.97 Å². The van der Waals surface area contributed by atoms with Crippen molar-refractivity contribution in [3.63, 3.8) is 0 Å². The Kier molecular flexibility index (Phi) is 4.96. The monoisotopic (exact) mass is 176 g/mol. The van der Waals surface area contributed by atoms with E-state index in [0.29, 0.717) is 5.56 Å². The van der Waals surface area contributed by atoms with Crippen LogP contribution in [-0.2, 0) is 0 Å². The highest BCUT2D eigenvalue weighted by molar-refractivity contribution is 5.87. The lowest BCUT2D eigenvalue weighted by atomic mass is 10.1. The number of hydrogen-bond acceptors (Lipinski definition) is 1. The second-order valence-electron chi connectivity index (χ2n) is 2.13. The van der Waals surface area contributed by atoms with Crippen molar-refractivity contribution in [3.8, 4) is 0 Å². The Morgan fingerprint density at radius 3 is 2.00 bits per heavy atom. The molecule has 1 aromatic rings. The average Bonchev–Trinajstić information content (AvgIpc) is 2.21. The van der Waals surface area contributed by atoms with E-state index in [1.807, 2.05) is 0 Å². The molecule has 0 bridgehead atoms. The summed E-state index contributed by atoms with van der Waals surface area (Å²) in [6, 6.07) is 6.55. The number of carboxylic acids is 1. The van der Waals surface area contributed by atoms with Crippen molar-refractivity contribution >= 4 is 12.0 Å². The molecule has 0 aliphatic rings. The topological polar surface area (TPSA) is 37.3 Å². The summed E-state index contributed by atoms with van der Waals surface area (Å²) in [6.07, 6.45) is 1.67. The number of rotatable bonds is 2. The predicted molar refractivity (Wildman–Crippen MR) is 54.7 cm³/mol. The minimum Gasteiger partial charge on any atom is -0.478 e. The van der Waals surface area contributed by atoms with Gasteiger partial charge in [-0.25, -0.2) is 4.79 Å². The van der Waals surface area contributed by atoms with Crippen LogP contribution in [0.2, 0.25) is 0 Å². The predicted octanol–water partition coefficient (Wildman–Crippen LogP) is 2.83. The van der Waals surface area contributed by atoms with E-state index in [1.165, 1.54) is 0 Å². The zero-order chi connectivity index (χ0) is 10.3. The van der Waals surface area contributed by atoms with Gasteiger partial charge in [0, 0.05) is 0 Å². The summed E-state index contributed by atoms with van der Waals surface area (Å²) >= 11 is 0. The lowest BCUT2D eigenvalue weighted by molar-refractivity contribution is 0.0697. The first kappa shape index (κ1) is 11.2. The zero-order valence-electron chi connectivity index (χ0n) is 7.36. The van der Waals surface area contributed by atoms with Crippen LogP contribution < -0.4 is 0 Å². The van der Waals surface area contributed by atoms with Crippen molar-refractivity contribution in [1.82, 2.24) is 0 Å². The Balaban J connectivity index is 0.000000671. The van der Waals surface area contributed by atoms with Crippen LogP contribution in [0.25, 0.3) is 6.08 Å². The van der Waals surface area contributed by atoms with Crippen LogP contribution in [0, 0.1) is 0 Å². The third-order valence-corrected chi connectivity index (χ3v) is 1.39. The molecule has 0 fully saturated rings. The molecular formula is C11H12O2. The fourth-order valence-electron chi connectivity index (χ4n) is 0.762. The third-order valence-electron chi connectivity index (χ3n) is 1.39. The fourth-order valence-corrected chi connectivity index (χ4v) is 0.762. The molecule has 0 aliphatic carbocycles. The molecule has 0 radical (unpaired) electrons. The molecule has 68 valence electrons. The number of benzene rings is 1. The molecule has 0 atom stereocenters. The lowest BCUT2D eigenvalue weighted by Gasteiger charge is -1.93. The van der Waals surface area contributed by atoms with Gasteiger partial charge < -0.3 is 5.11 Å². The smallest absolute Gasteiger partial charge is 0.335 e. The van der Waals surface area contributed by atoms with E-state index in [1.54, 1.807) is 30.3 Å². The molecule has 1 rings (SSSR count). The Labute approximate surface area is 77.8 Å². The van der Waals surface area contributed by atoms with Gasteiger partial charge in [0.1, 0.15) is 0 Å². The van der Waals surface area contributed by atoms with Gasteiger partial charge in [-0.05, 0) is 17.7 Å². The van der Waals surface area contributed by atoms with Crippen LogP contribution in [0.15, 0.2) is 44.0 Å². The van der Waals surface area contributed by atoms with Crippen molar-refractivity contribution < 1.29 is 9.90 Å². The van der Waals surface area contributed by atoms with E-state index in [-0.39, 0.29) is 0 Å². The van der Waals surface area contributed by atoms with Gasteiger partial charge in [0.25, 0.3) is 0 Å². The van der Waals surface area contributed by atoms with Crippen LogP contribution in [-0.4, -0.2) is 11.1 Å². The number of carboxylic acid groups (broad SMARTS) is 1. The van der Waals surface area contributed by atoms with Gasteiger partial charge in [-0.1, -0.05) is 24.8 Å². The fraction of sp³-hybridized carbons (Fsp3) is 0. The normalized spacial score (nSPS) is 8.00. The van der Waals surface area contributed by atoms with Crippen molar-refractivity contribution in [3.05, 3.63) is 55.1 Å². The van der Waals surface area contributed by atoms with E-state index in [9.17, 15) is 4.79 Å². The molecule has 0 saturated carbocycles. The van der Waals surface area contributed by atoms with Gasteiger partial charge in [0.05, 0.1) is 5.56 Å². The van der Waals surface area contributed by atoms with Crippen molar-refractivity contribution in [2.45, 2.75) is 0 Å².